The first-order chi connectivity index (χ1) is 43.3. The Hall–Kier alpha value is -7.57. The monoisotopic (exact) mass is 1260 g/mol. The fourth-order valence-corrected chi connectivity index (χ4v) is 12.4. The van der Waals surface area contributed by atoms with Crippen molar-refractivity contribution in [3.8, 4) is 73.8 Å². The van der Waals surface area contributed by atoms with Crippen LogP contribution >= 0.6 is 0 Å². The molecule has 0 aliphatic heterocycles. The molecule has 0 atom stereocenters. The van der Waals surface area contributed by atoms with E-state index in [1.165, 1.54) is 66.4 Å². The molecule has 0 aliphatic carbocycles. The molecule has 3 aromatic heterocycles. The largest absolute Gasteiger partial charge is 0.309 e. The Bertz CT molecular complexity index is 4210. The van der Waals surface area contributed by atoms with E-state index in [0.29, 0.717) is 23.3 Å². The normalized spacial score (nSPS) is 13.6. The van der Waals surface area contributed by atoms with Crippen molar-refractivity contribution in [3.05, 3.63) is 189 Å². The van der Waals surface area contributed by atoms with Crippen molar-refractivity contribution >= 4 is 21.8 Å². The predicted molar refractivity (Wildman–Crippen MR) is 409 cm³/mol. The minimum atomic E-state index is -0.158. The first-order valence-electron chi connectivity index (χ1n) is 34.9. The molecule has 6 heteroatoms. The molecule has 0 amide bonds. The molecule has 0 aliphatic rings. The first-order valence-corrected chi connectivity index (χ1v) is 34.9. The summed E-state index contributed by atoms with van der Waals surface area (Å²) in [5.74, 6) is 2.49. The lowest BCUT2D eigenvalue weighted by molar-refractivity contribution is 0.568. The summed E-state index contributed by atoms with van der Waals surface area (Å²) in [5.41, 5.74) is 21.8. The zero-order valence-corrected chi connectivity index (χ0v) is 63.9. The highest BCUT2D eigenvalue weighted by atomic mass is 15.1. The molecule has 95 heavy (non-hydrogen) atoms. The zero-order chi connectivity index (χ0) is 70.3. The molecular formula is C89H112N6. The second kappa shape index (κ2) is 23.6. The highest BCUT2D eigenvalue weighted by Crippen LogP contribution is 2.45. The molecule has 10 rings (SSSR count). The average molecular weight is 1270 g/mol. The minimum Gasteiger partial charge on any atom is -0.309 e. The molecular weight excluding hydrogens is 1150 g/mol. The summed E-state index contributed by atoms with van der Waals surface area (Å²) >= 11 is 0. The Labute approximate surface area is 572 Å². The summed E-state index contributed by atoms with van der Waals surface area (Å²) in [6, 6.07) is 51.5. The number of rotatable bonds is 7. The SMILES string of the molecule is CC(C)(C)c1cc(-c2cc(-c3ccc(-n4c5ccc(C(C)(C)C)cc5c5cc(C(C)(C)C)ccc54)c(-c4nc(-c5cc(C(C)(C)C)cc(C(C)(C)C)c5)nc(-c5cc(C(C)(C)C)cc(C(C)(C)C)c5)n4)c3)nc(-c3cc(C(C)(C)C)cc(C(C)(C)C)c3)n2)cc(C(C)(C)C)c1. The van der Waals surface area contributed by atoms with Gasteiger partial charge in [0, 0.05) is 44.2 Å². The number of hydrogen-bond donors (Lipinski definition) is 0. The van der Waals surface area contributed by atoms with Gasteiger partial charge >= 0.3 is 0 Å². The fourth-order valence-electron chi connectivity index (χ4n) is 12.4. The molecule has 0 fully saturated rings. The molecule has 10 aromatic rings. The van der Waals surface area contributed by atoms with E-state index >= 15 is 0 Å². The van der Waals surface area contributed by atoms with Crippen molar-refractivity contribution in [2.75, 3.05) is 0 Å². The Morgan fingerprint density at radius 2 is 0.474 bits per heavy atom. The molecule has 498 valence electrons. The third-order valence-electron chi connectivity index (χ3n) is 19.4. The number of fused-ring (bicyclic) bond motifs is 3. The highest BCUT2D eigenvalue weighted by molar-refractivity contribution is 6.10. The van der Waals surface area contributed by atoms with Crippen LogP contribution in [0.15, 0.2) is 133 Å². The molecule has 0 N–H and O–H groups in total. The summed E-state index contributed by atoms with van der Waals surface area (Å²) in [4.78, 5) is 28.8. The summed E-state index contributed by atoms with van der Waals surface area (Å²) < 4.78 is 2.47. The Morgan fingerprint density at radius 1 is 0.211 bits per heavy atom. The maximum absolute atomic E-state index is 5.84. The summed E-state index contributed by atoms with van der Waals surface area (Å²) in [5, 5.41) is 2.41. The van der Waals surface area contributed by atoms with E-state index in [2.05, 4.69) is 346 Å². The van der Waals surface area contributed by atoms with Crippen molar-refractivity contribution < 1.29 is 0 Å². The van der Waals surface area contributed by atoms with Gasteiger partial charge < -0.3 is 4.57 Å². The molecule has 6 nitrogen and oxygen atoms in total. The molecule has 0 spiro atoms. The second-order valence-corrected chi connectivity index (χ2v) is 38.0. The fraction of sp³-hybridized carbons (Fsp3) is 0.449. The molecule has 0 saturated heterocycles. The van der Waals surface area contributed by atoms with Crippen molar-refractivity contribution in [2.24, 2.45) is 0 Å². The third kappa shape index (κ3) is 14.9. The van der Waals surface area contributed by atoms with Gasteiger partial charge in [0.2, 0.25) is 0 Å². The molecule has 7 aromatic carbocycles. The Morgan fingerprint density at radius 3 is 0.768 bits per heavy atom. The maximum Gasteiger partial charge on any atom is 0.166 e. The standard InChI is InChI=1S/C89H112N6/c1-80(2,3)58-32-35-73-68(50-58)69-51-59(81(4,5)6)33-36-74(69)95(73)75-34-31-53(71-52-72(54-37-60(82(7,8)9)46-61(38-54)83(10,11)12)91-76(90-71)55-39-62(84(13,14)15)47-63(40-55)85(16,17)18)45-70(75)79-93-77(56-41-64(86(19,20)21)48-65(42-56)87(22,23)24)92-78(94-79)57-43-66(88(25,26)27)49-67(44-57)89(28,29)30/h31-52H,1-30H3. The van der Waals surface area contributed by atoms with Crippen molar-refractivity contribution in [1.29, 1.82) is 0 Å². The Kier molecular flexibility index (Phi) is 17.5. The summed E-state index contributed by atoms with van der Waals surface area (Å²) in [6.07, 6.45) is 0. The van der Waals surface area contributed by atoms with E-state index < -0.39 is 0 Å². The maximum atomic E-state index is 5.84. The first kappa shape index (κ1) is 70.2. The van der Waals surface area contributed by atoms with Gasteiger partial charge in [-0.15, -0.1) is 0 Å². The van der Waals surface area contributed by atoms with E-state index in [0.717, 1.165) is 61.5 Å². The topological polar surface area (TPSA) is 69.4 Å². The van der Waals surface area contributed by atoms with Crippen LogP contribution in [0.4, 0.5) is 0 Å². The van der Waals surface area contributed by atoms with Crippen LogP contribution in [0.25, 0.3) is 95.6 Å². The van der Waals surface area contributed by atoms with Crippen LogP contribution in [0.2, 0.25) is 0 Å². The number of benzene rings is 7. The van der Waals surface area contributed by atoms with Gasteiger partial charge in [-0.2, -0.15) is 0 Å². The van der Waals surface area contributed by atoms with Gasteiger partial charge in [-0.1, -0.05) is 250 Å². The number of aromatic nitrogens is 6. The van der Waals surface area contributed by atoms with E-state index in [1.54, 1.807) is 0 Å². The lowest BCUT2D eigenvalue weighted by Crippen LogP contribution is -2.17. The van der Waals surface area contributed by atoms with Crippen molar-refractivity contribution in [2.45, 2.75) is 262 Å². The Balaban J connectivity index is 1.40. The van der Waals surface area contributed by atoms with Crippen LogP contribution in [0.5, 0.6) is 0 Å². The molecule has 0 radical (unpaired) electrons. The van der Waals surface area contributed by atoms with Gasteiger partial charge in [0.15, 0.2) is 23.3 Å². The second-order valence-electron chi connectivity index (χ2n) is 38.0. The number of nitrogens with zero attached hydrogens (tertiary/aromatic N) is 6. The summed E-state index contributed by atoms with van der Waals surface area (Å²) in [6.45, 7) is 69.1. The molecule has 0 unspecified atom stereocenters. The van der Waals surface area contributed by atoms with E-state index in [4.69, 9.17) is 24.9 Å². The lowest BCUT2D eigenvalue weighted by atomic mass is 9.79. The van der Waals surface area contributed by atoms with Gasteiger partial charge in [-0.05, 0) is 201 Å². The van der Waals surface area contributed by atoms with E-state index in [9.17, 15) is 0 Å². The van der Waals surface area contributed by atoms with Gasteiger partial charge in [-0.3, -0.25) is 0 Å². The van der Waals surface area contributed by atoms with Gasteiger partial charge in [0.1, 0.15) is 0 Å². The van der Waals surface area contributed by atoms with Gasteiger partial charge in [0.25, 0.3) is 0 Å². The summed E-state index contributed by atoms with van der Waals surface area (Å²) in [7, 11) is 0. The van der Waals surface area contributed by atoms with Crippen LogP contribution in [0.3, 0.4) is 0 Å². The van der Waals surface area contributed by atoms with E-state index in [-0.39, 0.29) is 54.1 Å². The third-order valence-corrected chi connectivity index (χ3v) is 19.4. The predicted octanol–water partition coefficient (Wildman–Crippen LogP) is 24.7. The smallest absolute Gasteiger partial charge is 0.166 e. The van der Waals surface area contributed by atoms with Crippen molar-refractivity contribution in [3.63, 3.8) is 0 Å². The van der Waals surface area contributed by atoms with Crippen LogP contribution < -0.4 is 0 Å². The van der Waals surface area contributed by atoms with Crippen LogP contribution in [-0.2, 0) is 54.1 Å². The molecule has 0 saturated carbocycles. The highest BCUT2D eigenvalue weighted by Gasteiger charge is 2.31. The van der Waals surface area contributed by atoms with Gasteiger partial charge in [0.05, 0.1) is 28.1 Å². The van der Waals surface area contributed by atoms with Gasteiger partial charge in [-0.25, -0.2) is 24.9 Å². The zero-order valence-electron chi connectivity index (χ0n) is 63.9. The lowest BCUT2D eigenvalue weighted by Gasteiger charge is -2.27. The molecule has 0 bridgehead atoms. The van der Waals surface area contributed by atoms with Crippen molar-refractivity contribution in [1.82, 2.24) is 29.5 Å². The number of hydrogen-bond acceptors (Lipinski definition) is 5. The minimum absolute atomic E-state index is 0.0803. The molecule has 3 heterocycles. The quantitative estimate of drug-likeness (QED) is 0.159. The van der Waals surface area contributed by atoms with E-state index in [1.807, 2.05) is 0 Å². The van der Waals surface area contributed by atoms with Crippen LogP contribution in [0, 0.1) is 0 Å². The van der Waals surface area contributed by atoms with Crippen LogP contribution in [0.1, 0.15) is 263 Å². The average Bonchev–Trinajstić information content (AvgIpc) is 1.62. The van der Waals surface area contributed by atoms with Crippen LogP contribution in [-0.4, -0.2) is 29.5 Å².